The predicted molar refractivity (Wildman–Crippen MR) is 264 cm³/mol. The number of rotatable bonds is 7. The van der Waals surface area contributed by atoms with Gasteiger partial charge in [0.15, 0.2) is 0 Å². The van der Waals surface area contributed by atoms with Crippen molar-refractivity contribution in [2.75, 3.05) is 4.90 Å². The number of hydrogen-bond acceptors (Lipinski definition) is 1. The molecule has 0 saturated heterocycles. The Balaban J connectivity index is 1.06. The first-order chi connectivity index (χ1) is 30.8. The molecule has 0 bridgehead atoms. The van der Waals surface area contributed by atoms with Crippen LogP contribution in [0.2, 0.25) is 0 Å². The lowest BCUT2D eigenvalue weighted by molar-refractivity contribution is 1.18. The summed E-state index contributed by atoms with van der Waals surface area (Å²) in [5.74, 6) is 0. The molecule has 0 fully saturated rings. The molecule has 0 aliphatic rings. The summed E-state index contributed by atoms with van der Waals surface area (Å²) < 4.78 is 2.42. The van der Waals surface area contributed by atoms with Crippen LogP contribution in [0.4, 0.5) is 17.1 Å². The molecule has 0 saturated carbocycles. The zero-order valence-corrected chi connectivity index (χ0v) is 34.0. The Morgan fingerprint density at radius 2 is 0.887 bits per heavy atom. The number of aromatic nitrogens is 1. The molecule has 2 heteroatoms. The summed E-state index contributed by atoms with van der Waals surface area (Å²) in [6.45, 7) is 0. The van der Waals surface area contributed by atoms with Crippen molar-refractivity contribution in [2.24, 2.45) is 0 Å². The Morgan fingerprint density at radius 3 is 1.69 bits per heavy atom. The summed E-state index contributed by atoms with van der Waals surface area (Å²) in [5.41, 5.74) is 14.0. The van der Waals surface area contributed by atoms with Crippen LogP contribution in [0.25, 0.3) is 93.2 Å². The van der Waals surface area contributed by atoms with Gasteiger partial charge in [0.2, 0.25) is 0 Å². The molecule has 1 aromatic heterocycles. The molecular weight excluding hydrogens is 749 g/mol. The van der Waals surface area contributed by atoms with E-state index in [4.69, 9.17) is 0 Å². The third-order valence-electron chi connectivity index (χ3n) is 12.5. The largest absolute Gasteiger partial charge is 0.310 e. The van der Waals surface area contributed by atoms with Crippen LogP contribution < -0.4 is 4.90 Å². The summed E-state index contributed by atoms with van der Waals surface area (Å²) in [4.78, 5) is 2.43. The highest BCUT2D eigenvalue weighted by molar-refractivity contribution is 6.19. The van der Waals surface area contributed by atoms with Gasteiger partial charge < -0.3 is 9.47 Å². The van der Waals surface area contributed by atoms with Crippen molar-refractivity contribution < 1.29 is 0 Å². The maximum absolute atomic E-state index is 2.43. The van der Waals surface area contributed by atoms with Crippen LogP contribution in [0.5, 0.6) is 0 Å². The Kier molecular flexibility index (Phi) is 8.53. The molecule has 0 aliphatic heterocycles. The SMILES string of the molecule is c1ccc(-c2ccccc2N(c2ccc(-c3cc4ccccc4c4ccccc34)cc2)c2cccc(-c3cccc4c3c3cc5ccccc5cc3n4-c3ccccc3)c2)cc1. The average Bonchev–Trinajstić information content (AvgIpc) is 3.67. The minimum Gasteiger partial charge on any atom is -0.310 e. The van der Waals surface area contributed by atoms with Crippen molar-refractivity contribution in [3.63, 3.8) is 0 Å². The molecule has 0 radical (unpaired) electrons. The molecule has 0 spiro atoms. The number of nitrogens with zero attached hydrogens (tertiary/aromatic N) is 2. The Hall–Kier alpha value is -8.20. The molecule has 0 aliphatic carbocycles. The zero-order chi connectivity index (χ0) is 41.0. The molecule has 12 aromatic rings. The molecule has 0 amide bonds. The second-order valence-corrected chi connectivity index (χ2v) is 16.1. The fraction of sp³-hybridized carbons (Fsp3) is 0. The molecule has 0 unspecified atom stereocenters. The summed E-state index contributed by atoms with van der Waals surface area (Å²) in [6, 6.07) is 88.5. The molecule has 1 heterocycles. The fourth-order valence-electron chi connectivity index (χ4n) is 9.70. The van der Waals surface area contributed by atoms with Crippen molar-refractivity contribution in [1.82, 2.24) is 4.57 Å². The minimum atomic E-state index is 1.09. The van der Waals surface area contributed by atoms with E-state index in [1.54, 1.807) is 0 Å². The van der Waals surface area contributed by atoms with Crippen molar-refractivity contribution in [2.45, 2.75) is 0 Å². The highest BCUT2D eigenvalue weighted by Gasteiger charge is 2.21. The van der Waals surface area contributed by atoms with E-state index in [2.05, 4.69) is 252 Å². The van der Waals surface area contributed by atoms with Gasteiger partial charge in [0, 0.05) is 33.4 Å². The first-order valence-electron chi connectivity index (χ1n) is 21.3. The predicted octanol–water partition coefficient (Wildman–Crippen LogP) is 16.7. The molecule has 2 nitrogen and oxygen atoms in total. The molecule has 290 valence electrons. The first-order valence-corrected chi connectivity index (χ1v) is 21.3. The van der Waals surface area contributed by atoms with Gasteiger partial charge in [0.1, 0.15) is 0 Å². The smallest absolute Gasteiger partial charge is 0.0547 e. The quantitative estimate of drug-likeness (QED) is 0.146. The summed E-state index contributed by atoms with van der Waals surface area (Å²) in [5, 5.41) is 10.0. The van der Waals surface area contributed by atoms with E-state index >= 15 is 0 Å². The normalized spacial score (nSPS) is 11.5. The second-order valence-electron chi connectivity index (χ2n) is 16.1. The summed E-state index contributed by atoms with van der Waals surface area (Å²) >= 11 is 0. The number of benzene rings is 11. The maximum Gasteiger partial charge on any atom is 0.0547 e. The van der Waals surface area contributed by atoms with Crippen molar-refractivity contribution >= 4 is 71.2 Å². The molecule has 12 rings (SSSR count). The van der Waals surface area contributed by atoms with Gasteiger partial charge in [-0.15, -0.1) is 0 Å². The maximum atomic E-state index is 2.43. The van der Waals surface area contributed by atoms with Crippen LogP contribution >= 0.6 is 0 Å². The number of hydrogen-bond donors (Lipinski definition) is 0. The topological polar surface area (TPSA) is 8.17 Å². The number of fused-ring (bicyclic) bond motifs is 7. The van der Waals surface area contributed by atoms with E-state index in [1.807, 2.05) is 0 Å². The molecular formula is C60H40N2. The van der Waals surface area contributed by atoms with Crippen LogP contribution in [-0.2, 0) is 0 Å². The van der Waals surface area contributed by atoms with E-state index in [-0.39, 0.29) is 0 Å². The fourth-order valence-corrected chi connectivity index (χ4v) is 9.70. The van der Waals surface area contributed by atoms with Crippen LogP contribution in [0.15, 0.2) is 243 Å². The lowest BCUT2D eigenvalue weighted by atomic mass is 9.93. The van der Waals surface area contributed by atoms with Gasteiger partial charge in [0.25, 0.3) is 0 Å². The number of para-hydroxylation sites is 2. The minimum absolute atomic E-state index is 1.09. The Morgan fingerprint density at radius 1 is 0.290 bits per heavy atom. The van der Waals surface area contributed by atoms with Gasteiger partial charge in [-0.05, 0) is 127 Å². The third-order valence-corrected chi connectivity index (χ3v) is 12.5. The van der Waals surface area contributed by atoms with Crippen LogP contribution in [0.1, 0.15) is 0 Å². The average molecular weight is 789 g/mol. The Labute approximate surface area is 360 Å². The molecule has 11 aromatic carbocycles. The summed E-state index contributed by atoms with van der Waals surface area (Å²) in [7, 11) is 0. The van der Waals surface area contributed by atoms with Crippen molar-refractivity contribution in [3.05, 3.63) is 243 Å². The summed E-state index contributed by atoms with van der Waals surface area (Å²) in [6.07, 6.45) is 0. The van der Waals surface area contributed by atoms with Crippen LogP contribution in [0, 0.1) is 0 Å². The van der Waals surface area contributed by atoms with Gasteiger partial charge in [-0.1, -0.05) is 176 Å². The lowest BCUT2D eigenvalue weighted by Crippen LogP contribution is -2.11. The molecule has 62 heavy (non-hydrogen) atoms. The molecule has 0 atom stereocenters. The third kappa shape index (κ3) is 5.96. The van der Waals surface area contributed by atoms with Gasteiger partial charge in [0.05, 0.1) is 16.7 Å². The van der Waals surface area contributed by atoms with E-state index in [1.165, 1.54) is 81.9 Å². The van der Waals surface area contributed by atoms with Gasteiger partial charge in [-0.2, -0.15) is 0 Å². The van der Waals surface area contributed by atoms with E-state index in [0.717, 1.165) is 28.3 Å². The Bertz CT molecular complexity index is 3620. The highest BCUT2D eigenvalue weighted by atomic mass is 15.1. The lowest BCUT2D eigenvalue weighted by Gasteiger charge is -2.28. The van der Waals surface area contributed by atoms with Crippen molar-refractivity contribution in [3.8, 4) is 39.1 Å². The van der Waals surface area contributed by atoms with E-state index < -0.39 is 0 Å². The van der Waals surface area contributed by atoms with E-state index in [9.17, 15) is 0 Å². The van der Waals surface area contributed by atoms with Crippen LogP contribution in [0.3, 0.4) is 0 Å². The van der Waals surface area contributed by atoms with Gasteiger partial charge >= 0.3 is 0 Å². The zero-order valence-electron chi connectivity index (χ0n) is 34.0. The monoisotopic (exact) mass is 788 g/mol. The van der Waals surface area contributed by atoms with Gasteiger partial charge in [-0.3, -0.25) is 0 Å². The highest BCUT2D eigenvalue weighted by Crippen LogP contribution is 2.45. The second kappa shape index (κ2) is 14.8. The van der Waals surface area contributed by atoms with Gasteiger partial charge in [-0.25, -0.2) is 0 Å². The standard InChI is InChI=1S/C60H40N2/c1-3-17-41(18-4-1)51-27-13-14-31-57(51)61(48-35-33-42(34-36-48)55-39-46-21-9-10-26-50(46)53-28-11-12-29-54(53)55)49-25-15-22-45(37-49)52-30-16-32-58-60(52)56-38-43-19-7-8-20-44(43)40-59(56)62(58)47-23-5-2-6-24-47/h1-40H. The number of anilines is 3. The van der Waals surface area contributed by atoms with Crippen molar-refractivity contribution in [1.29, 1.82) is 0 Å². The van der Waals surface area contributed by atoms with Crippen LogP contribution in [-0.4, -0.2) is 4.57 Å². The van der Waals surface area contributed by atoms with E-state index in [0.29, 0.717) is 0 Å². The molecule has 0 N–H and O–H groups in total. The first kappa shape index (κ1) is 35.7.